The Balaban J connectivity index is 1.14. The van der Waals surface area contributed by atoms with E-state index in [0.29, 0.717) is 21.6 Å². The minimum Gasteiger partial charge on any atom is -0.310 e. The predicted octanol–water partition coefficient (Wildman–Crippen LogP) is 11.4. The van der Waals surface area contributed by atoms with Crippen molar-refractivity contribution in [2.24, 2.45) is 23.7 Å². The van der Waals surface area contributed by atoms with Crippen LogP contribution in [0, 0.1) is 23.7 Å². The summed E-state index contributed by atoms with van der Waals surface area (Å²) in [6, 6.07) is 52.3. The van der Waals surface area contributed by atoms with Crippen LogP contribution in [0.5, 0.6) is 0 Å². The monoisotopic (exact) mass is 669 g/mol. The quantitative estimate of drug-likeness (QED) is 0.183. The molecule has 0 radical (unpaired) electrons. The molecule has 3 aliphatic carbocycles. The first-order valence-electron chi connectivity index (χ1n) is 18.1. The molecule has 0 aromatic heterocycles. The molecule has 0 saturated heterocycles. The van der Waals surface area contributed by atoms with Crippen LogP contribution in [0.4, 0.5) is 17.1 Å². The number of hydrogen-bond acceptors (Lipinski definition) is 3. The van der Waals surface area contributed by atoms with Gasteiger partial charge in [0.05, 0.1) is 9.79 Å². The Morgan fingerprint density at radius 3 is 1.64 bits per heavy atom. The molecule has 1 heterocycles. The van der Waals surface area contributed by atoms with E-state index in [9.17, 15) is 8.42 Å². The molecule has 3 fully saturated rings. The van der Waals surface area contributed by atoms with Crippen molar-refractivity contribution >= 4 is 26.9 Å². The Labute approximate surface area is 295 Å². The smallest absolute Gasteiger partial charge is 0.207 e. The molecule has 1 aliphatic heterocycles. The number of anilines is 3. The molecule has 10 rings (SSSR count). The molecule has 3 bridgehead atoms. The van der Waals surface area contributed by atoms with Gasteiger partial charge < -0.3 is 4.90 Å². The molecule has 3 saturated carbocycles. The third kappa shape index (κ3) is 4.51. The molecule has 1 spiro atoms. The van der Waals surface area contributed by atoms with Crippen LogP contribution in [0.15, 0.2) is 161 Å². The van der Waals surface area contributed by atoms with Crippen molar-refractivity contribution in [1.82, 2.24) is 0 Å². The van der Waals surface area contributed by atoms with Crippen LogP contribution in [0.2, 0.25) is 0 Å². The molecule has 3 nitrogen and oxygen atoms in total. The molecule has 6 aromatic rings. The van der Waals surface area contributed by atoms with Crippen LogP contribution in [0.1, 0.15) is 43.2 Å². The summed E-state index contributed by atoms with van der Waals surface area (Å²) in [7, 11) is -3.74. The van der Waals surface area contributed by atoms with E-state index >= 15 is 0 Å². The Hall–Kier alpha value is -4.93. The zero-order valence-electron chi connectivity index (χ0n) is 28.0. The highest BCUT2D eigenvalue weighted by Crippen LogP contribution is 2.66. The summed E-state index contributed by atoms with van der Waals surface area (Å²) in [5.74, 6) is 2.72. The van der Waals surface area contributed by atoms with Gasteiger partial charge in [-0.25, -0.2) is 8.42 Å². The second kappa shape index (κ2) is 11.3. The number of rotatable bonds is 5. The van der Waals surface area contributed by atoms with Crippen LogP contribution in [-0.2, 0) is 15.3 Å². The third-order valence-corrected chi connectivity index (χ3v) is 14.4. The Morgan fingerprint density at radius 2 is 1.00 bits per heavy atom. The normalized spacial score (nSPS) is 25.2. The van der Waals surface area contributed by atoms with E-state index in [2.05, 4.69) is 126 Å². The van der Waals surface area contributed by atoms with E-state index in [1.165, 1.54) is 25.7 Å². The van der Waals surface area contributed by atoms with Gasteiger partial charge in [0.25, 0.3) is 0 Å². The van der Waals surface area contributed by atoms with Gasteiger partial charge in [0.1, 0.15) is 0 Å². The van der Waals surface area contributed by atoms with E-state index in [1.807, 2.05) is 30.3 Å². The van der Waals surface area contributed by atoms with Gasteiger partial charge in [0.2, 0.25) is 9.84 Å². The highest BCUT2D eigenvalue weighted by molar-refractivity contribution is 7.91. The largest absolute Gasteiger partial charge is 0.310 e. The Bertz CT molecular complexity index is 2250. The molecule has 246 valence electrons. The lowest BCUT2D eigenvalue weighted by molar-refractivity contribution is 0.0984. The maximum Gasteiger partial charge on any atom is 0.207 e. The van der Waals surface area contributed by atoms with E-state index < -0.39 is 9.84 Å². The zero-order chi connectivity index (χ0) is 33.5. The van der Waals surface area contributed by atoms with Crippen molar-refractivity contribution in [1.29, 1.82) is 0 Å². The molecule has 0 amide bonds. The van der Waals surface area contributed by atoms with Gasteiger partial charge in [0.15, 0.2) is 0 Å². The standard InChI is InChI=1S/C46H39NO2S/c48-50(49)44-14-8-7-13-42(44)46(30-37-26-31-25-36(37)28-38(46)27-31)43-24-23-41(29-45(43)50)47(39-19-15-34(16-20-39)32-9-3-1-4-10-32)40-21-17-35(18-22-40)33-11-5-2-6-12-33/h1-24,29,31,36-38H,25-28,30H2/t31-,36-,37?,38-,46?/m1/s1. The summed E-state index contributed by atoms with van der Waals surface area (Å²) in [5, 5.41) is 0. The summed E-state index contributed by atoms with van der Waals surface area (Å²) in [5.41, 5.74) is 9.23. The van der Waals surface area contributed by atoms with Crippen molar-refractivity contribution in [3.8, 4) is 22.3 Å². The lowest BCUT2D eigenvalue weighted by Gasteiger charge is -2.53. The van der Waals surface area contributed by atoms with E-state index in [1.54, 1.807) is 0 Å². The molecular weight excluding hydrogens is 631 g/mol. The van der Waals surface area contributed by atoms with Gasteiger partial charge in [-0.2, -0.15) is 0 Å². The van der Waals surface area contributed by atoms with Gasteiger partial charge in [-0.15, -0.1) is 0 Å². The minimum atomic E-state index is -3.74. The average molecular weight is 670 g/mol. The fourth-order valence-corrected chi connectivity index (χ4v) is 12.3. The van der Waals surface area contributed by atoms with Crippen LogP contribution >= 0.6 is 0 Å². The van der Waals surface area contributed by atoms with E-state index in [-0.39, 0.29) is 5.41 Å². The maximum atomic E-state index is 14.7. The number of fused-ring (bicyclic) bond motifs is 7. The number of sulfone groups is 1. The van der Waals surface area contributed by atoms with Crippen LogP contribution in [0.3, 0.4) is 0 Å². The summed E-state index contributed by atoms with van der Waals surface area (Å²) < 4.78 is 29.4. The lowest BCUT2D eigenvalue weighted by Crippen LogP contribution is -2.48. The van der Waals surface area contributed by atoms with Gasteiger partial charge in [-0.05, 0) is 132 Å². The van der Waals surface area contributed by atoms with E-state index in [4.69, 9.17) is 0 Å². The molecule has 0 N–H and O–H groups in total. The Morgan fingerprint density at radius 1 is 0.480 bits per heavy atom. The van der Waals surface area contributed by atoms with Crippen LogP contribution in [-0.4, -0.2) is 8.42 Å². The molecular formula is C46H39NO2S. The molecule has 5 atom stereocenters. The van der Waals surface area contributed by atoms with Gasteiger partial charge >= 0.3 is 0 Å². The molecule has 2 unspecified atom stereocenters. The summed E-state index contributed by atoms with van der Waals surface area (Å²) in [6.07, 6.45) is 6.14. The van der Waals surface area contributed by atoms with Crippen LogP contribution < -0.4 is 4.90 Å². The summed E-state index contributed by atoms with van der Waals surface area (Å²) in [6.45, 7) is 0. The van der Waals surface area contributed by atoms with Crippen molar-refractivity contribution in [3.63, 3.8) is 0 Å². The summed E-state index contributed by atoms with van der Waals surface area (Å²) >= 11 is 0. The summed E-state index contributed by atoms with van der Waals surface area (Å²) in [4.78, 5) is 3.21. The lowest BCUT2D eigenvalue weighted by atomic mass is 9.53. The molecule has 6 aromatic carbocycles. The average Bonchev–Trinajstić information content (AvgIpc) is 3.38. The zero-order valence-corrected chi connectivity index (χ0v) is 28.8. The fraction of sp³-hybridized carbons (Fsp3) is 0.217. The topological polar surface area (TPSA) is 37.4 Å². The maximum absolute atomic E-state index is 14.7. The second-order valence-corrected chi connectivity index (χ2v) is 16.9. The molecule has 50 heavy (non-hydrogen) atoms. The first-order valence-corrected chi connectivity index (χ1v) is 19.6. The van der Waals surface area contributed by atoms with Crippen molar-refractivity contribution in [3.05, 3.63) is 163 Å². The SMILES string of the molecule is O=S1(=O)c2ccccc2C2(CC3C[C@H]4C[C@@H]3C[C@H]2C4)c2ccc(N(c3ccc(-c4ccccc4)cc3)c3ccc(-c4ccccc4)cc3)cc21. The van der Waals surface area contributed by atoms with Crippen molar-refractivity contribution < 1.29 is 8.42 Å². The third-order valence-electron chi connectivity index (χ3n) is 12.5. The van der Waals surface area contributed by atoms with Gasteiger partial charge in [0, 0.05) is 22.5 Å². The predicted molar refractivity (Wildman–Crippen MR) is 202 cm³/mol. The minimum absolute atomic E-state index is 0.258. The van der Waals surface area contributed by atoms with Crippen molar-refractivity contribution in [2.45, 2.75) is 47.3 Å². The second-order valence-electron chi connectivity index (χ2n) is 15.0. The van der Waals surface area contributed by atoms with Gasteiger partial charge in [-0.1, -0.05) is 109 Å². The Kier molecular flexibility index (Phi) is 6.76. The number of benzene rings is 6. The highest BCUT2D eigenvalue weighted by Gasteiger charge is 2.59. The first-order chi connectivity index (χ1) is 24.5. The molecule has 4 heteroatoms. The number of hydrogen-bond donors (Lipinski definition) is 0. The molecule has 4 aliphatic rings. The van der Waals surface area contributed by atoms with Gasteiger partial charge in [-0.3, -0.25) is 0 Å². The van der Waals surface area contributed by atoms with Crippen molar-refractivity contribution in [2.75, 3.05) is 4.90 Å². The first kappa shape index (κ1) is 29.9. The van der Waals surface area contributed by atoms with Crippen LogP contribution in [0.25, 0.3) is 22.3 Å². The van der Waals surface area contributed by atoms with E-state index in [0.717, 1.165) is 68.7 Å². The fourth-order valence-electron chi connectivity index (χ4n) is 10.5. The number of nitrogens with zero attached hydrogens (tertiary/aromatic N) is 1. The highest BCUT2D eigenvalue weighted by atomic mass is 32.2.